The topological polar surface area (TPSA) is 26.3 Å². The van der Waals surface area contributed by atoms with Gasteiger partial charge in [-0.05, 0) is 38.5 Å². The maximum atomic E-state index is 10.5. The van der Waals surface area contributed by atoms with E-state index in [1.807, 2.05) is 0 Å². The van der Waals surface area contributed by atoms with Crippen LogP contribution in [0.25, 0.3) is 0 Å². The summed E-state index contributed by atoms with van der Waals surface area (Å²) >= 11 is 0. The van der Waals surface area contributed by atoms with Crippen LogP contribution < -0.4 is 0 Å². The van der Waals surface area contributed by atoms with Crippen LogP contribution in [0.5, 0.6) is 0 Å². The quantitative estimate of drug-likeness (QED) is 0.208. The second kappa shape index (κ2) is 15.7. The molecule has 0 spiro atoms. The summed E-state index contributed by atoms with van der Waals surface area (Å²) in [6.07, 6.45) is 22.3. The Balaban J connectivity index is 3.30. The molecule has 0 bridgehead atoms. The molecule has 0 aliphatic rings. The highest BCUT2D eigenvalue weighted by molar-refractivity contribution is 5.65. The Hall–Kier alpha value is -1.31. The zero-order valence-corrected chi connectivity index (χ0v) is 13.1. The van der Waals surface area contributed by atoms with E-state index in [-0.39, 0.29) is 5.97 Å². The lowest BCUT2D eigenvalue weighted by molar-refractivity contribution is -0.141. The average Bonchev–Trinajstić information content (AvgIpc) is 2.43. The number of esters is 1. The highest BCUT2D eigenvalue weighted by Gasteiger charge is 1.89. The van der Waals surface area contributed by atoms with Gasteiger partial charge in [-0.2, -0.15) is 0 Å². The fourth-order valence-corrected chi connectivity index (χ4v) is 1.68. The lowest BCUT2D eigenvalue weighted by atomic mass is 10.2. The van der Waals surface area contributed by atoms with E-state index in [4.69, 9.17) is 4.74 Å². The minimum Gasteiger partial charge on any atom is -0.466 e. The third kappa shape index (κ3) is 16.7. The van der Waals surface area contributed by atoms with Gasteiger partial charge in [0, 0.05) is 6.92 Å². The van der Waals surface area contributed by atoms with Crippen LogP contribution in [0, 0.1) is 0 Å². The van der Waals surface area contributed by atoms with Crippen LogP contribution in [0.2, 0.25) is 0 Å². The van der Waals surface area contributed by atoms with Crippen molar-refractivity contribution >= 4 is 5.97 Å². The second-order valence-corrected chi connectivity index (χ2v) is 4.88. The first-order valence-corrected chi connectivity index (χ1v) is 7.87. The summed E-state index contributed by atoms with van der Waals surface area (Å²) in [5.74, 6) is -0.197. The molecule has 2 heteroatoms. The Morgan fingerprint density at radius 3 is 2.00 bits per heavy atom. The smallest absolute Gasteiger partial charge is 0.302 e. The Kier molecular flexibility index (Phi) is 14.7. The van der Waals surface area contributed by atoms with Gasteiger partial charge < -0.3 is 4.74 Å². The van der Waals surface area contributed by atoms with Crippen molar-refractivity contribution in [2.75, 3.05) is 6.61 Å². The van der Waals surface area contributed by atoms with Crippen LogP contribution in [0.3, 0.4) is 0 Å². The summed E-state index contributed by atoms with van der Waals surface area (Å²) in [5.41, 5.74) is 0. The molecular weight excluding hydrogens is 248 g/mol. The number of rotatable bonds is 12. The summed E-state index contributed by atoms with van der Waals surface area (Å²) in [7, 11) is 0. The average molecular weight is 278 g/mol. The number of carbonyl (C=O) groups excluding carboxylic acids is 1. The number of ether oxygens (including phenoxy) is 1. The lowest BCUT2D eigenvalue weighted by Crippen LogP contribution is -1.99. The van der Waals surface area contributed by atoms with Gasteiger partial charge in [0.25, 0.3) is 0 Å². The van der Waals surface area contributed by atoms with E-state index in [9.17, 15) is 4.79 Å². The predicted octanol–water partition coefficient (Wildman–Crippen LogP) is 5.36. The van der Waals surface area contributed by atoms with Crippen molar-refractivity contribution in [1.82, 2.24) is 0 Å². The molecule has 2 nitrogen and oxygen atoms in total. The van der Waals surface area contributed by atoms with Gasteiger partial charge in [-0.3, -0.25) is 4.79 Å². The predicted molar refractivity (Wildman–Crippen MR) is 86.7 cm³/mol. The third-order valence-electron chi connectivity index (χ3n) is 2.84. The van der Waals surface area contributed by atoms with Gasteiger partial charge in [-0.15, -0.1) is 0 Å². The fraction of sp³-hybridized carbons (Fsp3) is 0.611. The van der Waals surface area contributed by atoms with Gasteiger partial charge in [-0.25, -0.2) is 0 Å². The summed E-state index contributed by atoms with van der Waals surface area (Å²) in [6.45, 7) is 4.19. The standard InChI is InChI=1S/C18H30O2/c1-3-4-5-6-7-8-9-10-11-12-13-14-15-16-17-20-18(2)19/h6-7,11-14H,3-5,8-10,15-17H2,1-2H3/b7-6+,12-11-,14-13+. The molecule has 0 aliphatic heterocycles. The van der Waals surface area contributed by atoms with E-state index in [2.05, 4.69) is 43.4 Å². The molecular formula is C18H30O2. The number of allylic oxidation sites excluding steroid dienone is 6. The highest BCUT2D eigenvalue weighted by atomic mass is 16.5. The summed E-state index contributed by atoms with van der Waals surface area (Å²) < 4.78 is 4.85. The normalized spacial score (nSPS) is 11.9. The van der Waals surface area contributed by atoms with Crippen molar-refractivity contribution in [1.29, 1.82) is 0 Å². The molecule has 0 saturated carbocycles. The molecule has 0 N–H and O–H groups in total. The Labute approximate surface area is 124 Å². The summed E-state index contributed by atoms with van der Waals surface area (Å²) in [4.78, 5) is 10.5. The van der Waals surface area contributed by atoms with Gasteiger partial charge in [0.15, 0.2) is 0 Å². The van der Waals surface area contributed by atoms with Crippen molar-refractivity contribution in [3.05, 3.63) is 36.5 Å². The van der Waals surface area contributed by atoms with E-state index in [1.165, 1.54) is 39.0 Å². The van der Waals surface area contributed by atoms with E-state index < -0.39 is 0 Å². The van der Waals surface area contributed by atoms with Crippen LogP contribution >= 0.6 is 0 Å². The lowest BCUT2D eigenvalue weighted by Gasteiger charge is -1.97. The van der Waals surface area contributed by atoms with E-state index >= 15 is 0 Å². The minimum atomic E-state index is -0.197. The Bertz CT molecular complexity index is 301. The van der Waals surface area contributed by atoms with Crippen LogP contribution in [-0.4, -0.2) is 12.6 Å². The maximum Gasteiger partial charge on any atom is 0.302 e. The molecule has 20 heavy (non-hydrogen) atoms. The molecule has 0 aromatic heterocycles. The van der Waals surface area contributed by atoms with Crippen molar-refractivity contribution in [2.24, 2.45) is 0 Å². The van der Waals surface area contributed by atoms with Crippen molar-refractivity contribution in [2.45, 2.75) is 65.2 Å². The first-order valence-electron chi connectivity index (χ1n) is 7.87. The molecule has 0 aliphatic carbocycles. The fourth-order valence-electron chi connectivity index (χ4n) is 1.68. The van der Waals surface area contributed by atoms with Crippen molar-refractivity contribution in [3.63, 3.8) is 0 Å². The molecule has 0 aromatic rings. The second-order valence-electron chi connectivity index (χ2n) is 4.88. The monoisotopic (exact) mass is 278 g/mol. The van der Waals surface area contributed by atoms with Gasteiger partial charge >= 0.3 is 5.97 Å². The van der Waals surface area contributed by atoms with Crippen LogP contribution in [0.4, 0.5) is 0 Å². The van der Waals surface area contributed by atoms with E-state index in [1.54, 1.807) is 0 Å². The molecule has 114 valence electrons. The maximum absolute atomic E-state index is 10.5. The van der Waals surface area contributed by atoms with Crippen LogP contribution in [0.1, 0.15) is 65.2 Å². The van der Waals surface area contributed by atoms with Gasteiger partial charge in [0.2, 0.25) is 0 Å². The molecule has 0 rings (SSSR count). The zero-order valence-electron chi connectivity index (χ0n) is 13.1. The molecule has 0 fully saturated rings. The molecule has 0 unspecified atom stereocenters. The molecule has 0 amide bonds. The number of carbonyl (C=O) groups is 1. The minimum absolute atomic E-state index is 0.197. The Morgan fingerprint density at radius 1 is 0.850 bits per heavy atom. The van der Waals surface area contributed by atoms with Gasteiger partial charge in [0.1, 0.15) is 0 Å². The summed E-state index contributed by atoms with van der Waals surface area (Å²) in [5, 5.41) is 0. The number of hydrogen-bond acceptors (Lipinski definition) is 2. The number of unbranched alkanes of at least 4 members (excludes halogenated alkanes) is 5. The first-order chi connectivity index (χ1) is 9.77. The van der Waals surface area contributed by atoms with Crippen molar-refractivity contribution in [3.8, 4) is 0 Å². The Morgan fingerprint density at radius 2 is 1.40 bits per heavy atom. The van der Waals surface area contributed by atoms with Crippen LogP contribution in [-0.2, 0) is 9.53 Å². The van der Waals surface area contributed by atoms with Gasteiger partial charge in [-0.1, -0.05) is 56.2 Å². The SMILES string of the molecule is CCCC/C=C/CCC/C=C\C=C\CCCOC(C)=O. The number of hydrogen-bond donors (Lipinski definition) is 0. The van der Waals surface area contributed by atoms with E-state index in [0.717, 1.165) is 19.3 Å². The van der Waals surface area contributed by atoms with E-state index in [0.29, 0.717) is 6.61 Å². The molecule has 0 atom stereocenters. The molecule has 0 saturated heterocycles. The molecule has 0 radical (unpaired) electrons. The summed E-state index contributed by atoms with van der Waals surface area (Å²) in [6, 6.07) is 0. The third-order valence-corrected chi connectivity index (χ3v) is 2.84. The highest BCUT2D eigenvalue weighted by Crippen LogP contribution is 2.01. The molecule has 0 heterocycles. The zero-order chi connectivity index (χ0) is 14.9. The van der Waals surface area contributed by atoms with Gasteiger partial charge in [0.05, 0.1) is 6.61 Å². The van der Waals surface area contributed by atoms with Crippen LogP contribution in [0.15, 0.2) is 36.5 Å². The van der Waals surface area contributed by atoms with Crippen molar-refractivity contribution < 1.29 is 9.53 Å². The molecule has 0 aromatic carbocycles. The largest absolute Gasteiger partial charge is 0.466 e. The first kappa shape index (κ1) is 18.7.